The Kier molecular flexibility index (Phi) is 5.02. The van der Waals surface area contributed by atoms with E-state index in [4.69, 9.17) is 11.6 Å². The van der Waals surface area contributed by atoms with Crippen LogP contribution in [-0.2, 0) is 0 Å². The minimum Gasteiger partial charge on any atom is -0.288 e. The molecule has 5 nitrogen and oxygen atoms in total. The SMILES string of the molecule is CC(=Nc1ccccc1Cl)c1c(-c2ccccc2)[nH]n(-c2nc3ccccc3s2)c1=O. The molecule has 3 aromatic carbocycles. The number of nitrogens with one attached hydrogen (secondary N) is 1. The molecule has 0 aliphatic heterocycles. The summed E-state index contributed by atoms with van der Waals surface area (Å²) >= 11 is 7.75. The number of aliphatic imine (C=N–C) groups is 1. The summed E-state index contributed by atoms with van der Waals surface area (Å²) in [5.74, 6) is 0. The Balaban J connectivity index is 1.73. The van der Waals surface area contributed by atoms with Crippen molar-refractivity contribution in [1.29, 1.82) is 0 Å². The topological polar surface area (TPSA) is 63.0 Å². The molecule has 0 fully saturated rings. The quantitative estimate of drug-likeness (QED) is 0.333. The summed E-state index contributed by atoms with van der Waals surface area (Å²) in [5, 5.41) is 4.38. The molecule has 0 saturated carbocycles. The monoisotopic (exact) mass is 444 g/mol. The third-order valence-corrected chi connectivity index (χ3v) is 6.27. The average Bonchev–Trinajstić information content (AvgIpc) is 3.37. The number of aromatic nitrogens is 3. The lowest BCUT2D eigenvalue weighted by atomic mass is 10.1. The fraction of sp³-hybridized carbons (Fsp3) is 0.0417. The number of H-pyrrole nitrogens is 1. The Bertz CT molecular complexity index is 1450. The van der Waals surface area contributed by atoms with Crippen LogP contribution in [0.15, 0.2) is 88.6 Å². The van der Waals surface area contributed by atoms with Crippen molar-refractivity contribution in [2.45, 2.75) is 6.92 Å². The Labute approximate surface area is 187 Å². The van der Waals surface area contributed by atoms with Gasteiger partial charge in [-0.3, -0.25) is 14.9 Å². The molecule has 0 spiro atoms. The molecule has 152 valence electrons. The first-order valence-corrected chi connectivity index (χ1v) is 10.9. The van der Waals surface area contributed by atoms with Crippen LogP contribution in [0.3, 0.4) is 0 Å². The molecule has 2 heterocycles. The van der Waals surface area contributed by atoms with Gasteiger partial charge in [0.15, 0.2) is 0 Å². The molecule has 1 N–H and O–H groups in total. The maximum Gasteiger partial charge on any atom is 0.283 e. The Morgan fingerprint density at radius 3 is 2.48 bits per heavy atom. The van der Waals surface area contributed by atoms with Crippen molar-refractivity contribution in [3.8, 4) is 16.4 Å². The summed E-state index contributed by atoms with van der Waals surface area (Å²) in [5.41, 5.74) is 3.92. The molecule has 0 unspecified atom stereocenters. The van der Waals surface area contributed by atoms with E-state index in [-0.39, 0.29) is 5.56 Å². The Hall–Kier alpha value is -3.48. The second-order valence-corrected chi connectivity index (χ2v) is 8.40. The molecule has 5 aromatic rings. The fourth-order valence-electron chi connectivity index (χ4n) is 3.46. The van der Waals surface area contributed by atoms with Crippen molar-refractivity contribution >= 4 is 44.6 Å². The number of para-hydroxylation sites is 2. The van der Waals surface area contributed by atoms with E-state index in [0.29, 0.717) is 32.8 Å². The first-order chi connectivity index (χ1) is 15.1. The van der Waals surface area contributed by atoms with Crippen molar-refractivity contribution in [2.75, 3.05) is 0 Å². The van der Waals surface area contributed by atoms with E-state index in [1.165, 1.54) is 16.0 Å². The van der Waals surface area contributed by atoms with Gasteiger partial charge in [0.25, 0.3) is 5.56 Å². The lowest BCUT2D eigenvalue weighted by Gasteiger charge is -2.03. The van der Waals surface area contributed by atoms with Gasteiger partial charge in [-0.05, 0) is 31.2 Å². The highest BCUT2D eigenvalue weighted by Crippen LogP contribution is 2.28. The third-order valence-electron chi connectivity index (χ3n) is 4.93. The van der Waals surface area contributed by atoms with E-state index >= 15 is 0 Å². The van der Waals surface area contributed by atoms with Crippen LogP contribution in [0, 0.1) is 0 Å². The van der Waals surface area contributed by atoms with E-state index in [1.54, 1.807) is 6.07 Å². The highest BCUT2D eigenvalue weighted by Gasteiger charge is 2.21. The molecule has 0 radical (unpaired) electrons. The molecule has 2 aromatic heterocycles. The summed E-state index contributed by atoms with van der Waals surface area (Å²) in [7, 11) is 0. The molecule has 31 heavy (non-hydrogen) atoms. The molecule has 7 heteroatoms. The zero-order valence-electron chi connectivity index (χ0n) is 16.5. The highest BCUT2D eigenvalue weighted by atomic mass is 35.5. The van der Waals surface area contributed by atoms with Crippen LogP contribution < -0.4 is 5.56 Å². The second kappa shape index (κ2) is 7.98. The van der Waals surface area contributed by atoms with E-state index in [9.17, 15) is 4.79 Å². The van der Waals surface area contributed by atoms with Gasteiger partial charge >= 0.3 is 0 Å². The number of benzene rings is 3. The molecule has 0 amide bonds. The fourth-order valence-corrected chi connectivity index (χ4v) is 4.56. The lowest BCUT2D eigenvalue weighted by molar-refractivity contribution is 0.845. The molecular formula is C24H17ClN4OS. The van der Waals surface area contributed by atoms with Crippen LogP contribution in [0.2, 0.25) is 5.02 Å². The van der Waals surface area contributed by atoms with Crippen molar-refractivity contribution in [2.24, 2.45) is 4.99 Å². The van der Waals surface area contributed by atoms with Crippen LogP contribution in [0.25, 0.3) is 26.6 Å². The first kappa shape index (κ1) is 19.5. The van der Waals surface area contributed by atoms with Crippen molar-refractivity contribution in [3.63, 3.8) is 0 Å². The summed E-state index contributed by atoms with van der Waals surface area (Å²) < 4.78 is 2.51. The van der Waals surface area contributed by atoms with Crippen LogP contribution in [-0.4, -0.2) is 20.5 Å². The van der Waals surface area contributed by atoms with Gasteiger partial charge in [-0.1, -0.05) is 77.5 Å². The summed E-state index contributed by atoms with van der Waals surface area (Å²) in [6.45, 7) is 1.82. The number of hydrogen-bond acceptors (Lipinski definition) is 4. The molecule has 0 atom stereocenters. The Morgan fingerprint density at radius 2 is 1.71 bits per heavy atom. The summed E-state index contributed by atoms with van der Waals surface area (Å²) in [6.07, 6.45) is 0. The number of fused-ring (bicyclic) bond motifs is 1. The third kappa shape index (κ3) is 3.60. The van der Waals surface area contributed by atoms with Gasteiger partial charge in [-0.2, -0.15) is 4.68 Å². The largest absolute Gasteiger partial charge is 0.288 e. The van der Waals surface area contributed by atoms with Gasteiger partial charge in [0.1, 0.15) is 0 Å². The van der Waals surface area contributed by atoms with E-state index in [0.717, 1.165) is 15.8 Å². The zero-order chi connectivity index (χ0) is 21.4. The standard InChI is InChI=1S/C24H17ClN4OS/c1-15(26-18-12-6-5-11-17(18)25)21-22(16-9-3-2-4-10-16)28-29(23(21)30)24-27-19-13-7-8-14-20(19)31-24/h2-14,28H,1H3. The molecule has 0 bridgehead atoms. The van der Waals surface area contributed by atoms with Gasteiger partial charge in [0, 0.05) is 5.56 Å². The number of thiazole rings is 1. The molecular weight excluding hydrogens is 428 g/mol. The number of hydrogen-bond donors (Lipinski definition) is 1. The van der Waals surface area contributed by atoms with Gasteiger partial charge < -0.3 is 0 Å². The number of rotatable bonds is 4. The van der Waals surface area contributed by atoms with Gasteiger partial charge in [-0.15, -0.1) is 0 Å². The minimum atomic E-state index is -0.203. The van der Waals surface area contributed by atoms with Crippen LogP contribution in [0.5, 0.6) is 0 Å². The van der Waals surface area contributed by atoms with E-state index in [1.807, 2.05) is 79.7 Å². The van der Waals surface area contributed by atoms with Crippen molar-refractivity contribution in [3.05, 3.63) is 99.8 Å². The van der Waals surface area contributed by atoms with Crippen LogP contribution >= 0.6 is 22.9 Å². The predicted molar refractivity (Wildman–Crippen MR) is 128 cm³/mol. The summed E-state index contributed by atoms with van der Waals surface area (Å²) in [6, 6.07) is 24.9. The lowest BCUT2D eigenvalue weighted by Crippen LogP contribution is -2.19. The van der Waals surface area contributed by atoms with Gasteiger partial charge in [0.05, 0.1) is 37.9 Å². The molecule has 0 saturated heterocycles. The van der Waals surface area contributed by atoms with Gasteiger partial charge in [0.2, 0.25) is 5.13 Å². The Morgan fingerprint density at radius 1 is 1.00 bits per heavy atom. The van der Waals surface area contributed by atoms with E-state index < -0.39 is 0 Å². The second-order valence-electron chi connectivity index (χ2n) is 6.98. The highest BCUT2D eigenvalue weighted by molar-refractivity contribution is 7.20. The summed E-state index contributed by atoms with van der Waals surface area (Å²) in [4.78, 5) is 22.8. The molecule has 5 rings (SSSR count). The molecule has 0 aliphatic rings. The number of halogens is 1. The maximum absolute atomic E-state index is 13.5. The number of aromatic amines is 1. The normalized spacial score (nSPS) is 11.9. The minimum absolute atomic E-state index is 0.203. The zero-order valence-corrected chi connectivity index (χ0v) is 18.1. The van der Waals surface area contributed by atoms with Gasteiger partial charge in [-0.25, -0.2) is 4.98 Å². The van der Waals surface area contributed by atoms with Crippen molar-refractivity contribution in [1.82, 2.24) is 14.8 Å². The van der Waals surface area contributed by atoms with Crippen molar-refractivity contribution < 1.29 is 0 Å². The first-order valence-electron chi connectivity index (χ1n) is 9.68. The van der Waals surface area contributed by atoms with Crippen LogP contribution in [0.1, 0.15) is 12.5 Å². The average molecular weight is 445 g/mol. The predicted octanol–water partition coefficient (Wildman–Crippen LogP) is 6.24. The molecule has 0 aliphatic carbocycles. The smallest absolute Gasteiger partial charge is 0.283 e. The maximum atomic E-state index is 13.5. The number of nitrogens with zero attached hydrogens (tertiary/aromatic N) is 3. The van der Waals surface area contributed by atoms with Crippen LogP contribution in [0.4, 0.5) is 5.69 Å². The van der Waals surface area contributed by atoms with E-state index in [2.05, 4.69) is 15.1 Å².